The number of pyridine rings is 1. The number of esters is 1. The van der Waals surface area contributed by atoms with E-state index < -0.39 is 0 Å². The van der Waals surface area contributed by atoms with Gasteiger partial charge in [0.1, 0.15) is 5.75 Å². The average molecular weight is 261 g/mol. The Bertz CT molecular complexity index is 660. The Kier molecular flexibility index (Phi) is 3.85. The molecule has 1 aromatic heterocycles. The van der Waals surface area contributed by atoms with E-state index >= 15 is 0 Å². The number of aromatic nitrogens is 1. The minimum Gasteiger partial charge on any atom is -0.496 e. The van der Waals surface area contributed by atoms with Gasteiger partial charge < -0.3 is 14.5 Å². The lowest BCUT2D eigenvalue weighted by Gasteiger charge is -2.10. The molecule has 19 heavy (non-hydrogen) atoms. The molecule has 1 N–H and O–H groups in total. The number of carbonyl (C=O) groups excluding carboxylic acids is 1. The molecule has 2 aromatic rings. The number of fused-ring (bicyclic) bond motifs is 1. The van der Waals surface area contributed by atoms with Gasteiger partial charge in [-0.1, -0.05) is 0 Å². The van der Waals surface area contributed by atoms with E-state index in [4.69, 9.17) is 9.47 Å². The second kappa shape index (κ2) is 5.56. The molecule has 0 atom stereocenters. The Balaban J connectivity index is 2.45. The summed E-state index contributed by atoms with van der Waals surface area (Å²) in [5, 5.41) is 0.847. The van der Waals surface area contributed by atoms with Gasteiger partial charge in [0.2, 0.25) is 5.56 Å². The number of rotatable bonds is 4. The minimum atomic E-state index is -0.301. The number of methoxy groups -OCH3 is 1. The van der Waals surface area contributed by atoms with E-state index in [-0.39, 0.29) is 17.9 Å². The van der Waals surface area contributed by atoms with Crippen molar-refractivity contribution in [2.24, 2.45) is 0 Å². The molecule has 2 rings (SSSR count). The molecule has 0 radical (unpaired) electrons. The number of nitrogens with one attached hydrogen (secondary N) is 1. The van der Waals surface area contributed by atoms with Crippen molar-refractivity contribution in [3.05, 3.63) is 40.2 Å². The molecule has 0 bridgehead atoms. The summed E-state index contributed by atoms with van der Waals surface area (Å²) in [6.07, 6.45) is 0.145. The molecule has 5 nitrogen and oxygen atoms in total. The standard InChI is InChI=1S/C14H15NO4/c1-3-19-14(17)7-10-6-9-4-5-13(16)15-11(9)8-12(10)18-2/h4-6,8H,3,7H2,1-2H3,(H,15,16). The van der Waals surface area contributed by atoms with Gasteiger partial charge in [0, 0.05) is 17.7 Å². The molecule has 0 unspecified atom stereocenters. The largest absolute Gasteiger partial charge is 0.496 e. The zero-order valence-electron chi connectivity index (χ0n) is 10.9. The summed E-state index contributed by atoms with van der Waals surface area (Å²) < 4.78 is 10.2. The van der Waals surface area contributed by atoms with Gasteiger partial charge in [-0.3, -0.25) is 9.59 Å². The van der Waals surface area contributed by atoms with Crippen LogP contribution in [0.15, 0.2) is 29.1 Å². The van der Waals surface area contributed by atoms with Gasteiger partial charge in [-0.2, -0.15) is 0 Å². The summed E-state index contributed by atoms with van der Waals surface area (Å²) in [7, 11) is 1.52. The lowest BCUT2D eigenvalue weighted by molar-refractivity contribution is -0.142. The van der Waals surface area contributed by atoms with E-state index in [9.17, 15) is 9.59 Å². The molecule has 0 aliphatic heterocycles. The van der Waals surface area contributed by atoms with Crippen LogP contribution in [0.5, 0.6) is 5.75 Å². The van der Waals surface area contributed by atoms with Crippen molar-refractivity contribution in [1.82, 2.24) is 4.98 Å². The first kappa shape index (κ1) is 13.1. The highest BCUT2D eigenvalue weighted by atomic mass is 16.5. The summed E-state index contributed by atoms with van der Waals surface area (Å²) >= 11 is 0. The molecular weight excluding hydrogens is 246 g/mol. The van der Waals surface area contributed by atoms with E-state index in [1.165, 1.54) is 13.2 Å². The fraction of sp³-hybridized carbons (Fsp3) is 0.286. The van der Waals surface area contributed by atoms with Crippen LogP contribution in [0, 0.1) is 0 Å². The molecule has 1 heterocycles. The fourth-order valence-electron chi connectivity index (χ4n) is 1.93. The topological polar surface area (TPSA) is 68.4 Å². The van der Waals surface area contributed by atoms with E-state index in [1.807, 2.05) is 6.07 Å². The summed E-state index contributed by atoms with van der Waals surface area (Å²) in [6.45, 7) is 2.11. The van der Waals surface area contributed by atoms with Crippen molar-refractivity contribution in [3.63, 3.8) is 0 Å². The molecule has 5 heteroatoms. The zero-order valence-corrected chi connectivity index (χ0v) is 10.9. The first-order chi connectivity index (χ1) is 9.13. The van der Waals surface area contributed by atoms with Crippen LogP contribution in [0.3, 0.4) is 0 Å². The van der Waals surface area contributed by atoms with Gasteiger partial charge in [-0.15, -0.1) is 0 Å². The number of aromatic amines is 1. The lowest BCUT2D eigenvalue weighted by atomic mass is 10.1. The summed E-state index contributed by atoms with van der Waals surface area (Å²) in [5.74, 6) is 0.256. The van der Waals surface area contributed by atoms with Crippen LogP contribution >= 0.6 is 0 Å². The normalized spacial score (nSPS) is 10.4. The number of benzene rings is 1. The maximum atomic E-state index is 11.5. The number of H-pyrrole nitrogens is 1. The van der Waals surface area contributed by atoms with Crippen LogP contribution in [0.1, 0.15) is 12.5 Å². The van der Waals surface area contributed by atoms with Crippen molar-refractivity contribution >= 4 is 16.9 Å². The van der Waals surface area contributed by atoms with Crippen LogP contribution in [0.2, 0.25) is 0 Å². The van der Waals surface area contributed by atoms with E-state index in [0.29, 0.717) is 17.9 Å². The van der Waals surface area contributed by atoms with Crippen molar-refractivity contribution in [3.8, 4) is 5.75 Å². The first-order valence-corrected chi connectivity index (χ1v) is 5.99. The van der Waals surface area contributed by atoms with Gasteiger partial charge in [-0.25, -0.2) is 0 Å². The molecule has 0 aliphatic carbocycles. The van der Waals surface area contributed by atoms with Crippen LogP contribution < -0.4 is 10.3 Å². The average Bonchev–Trinajstić information content (AvgIpc) is 2.38. The molecule has 0 saturated carbocycles. The molecule has 0 fully saturated rings. The molecule has 0 aliphatic rings. The van der Waals surface area contributed by atoms with Crippen LogP contribution in [-0.2, 0) is 16.0 Å². The fourth-order valence-corrected chi connectivity index (χ4v) is 1.93. The molecule has 0 amide bonds. The van der Waals surface area contributed by atoms with E-state index in [2.05, 4.69) is 4.98 Å². The first-order valence-electron chi connectivity index (χ1n) is 5.99. The van der Waals surface area contributed by atoms with E-state index in [1.54, 1.807) is 19.1 Å². The van der Waals surface area contributed by atoms with Gasteiger partial charge in [0.05, 0.1) is 25.7 Å². The Morgan fingerprint density at radius 1 is 1.32 bits per heavy atom. The molecule has 1 aromatic carbocycles. The maximum absolute atomic E-state index is 11.5. The van der Waals surface area contributed by atoms with Gasteiger partial charge in [-0.05, 0) is 24.4 Å². The third-order valence-electron chi connectivity index (χ3n) is 2.76. The third kappa shape index (κ3) is 2.93. The second-order valence-electron chi connectivity index (χ2n) is 4.06. The summed E-state index contributed by atoms with van der Waals surface area (Å²) in [4.78, 5) is 25.5. The molecule has 0 saturated heterocycles. The zero-order chi connectivity index (χ0) is 13.8. The highest BCUT2D eigenvalue weighted by molar-refractivity contribution is 5.83. The smallest absolute Gasteiger partial charge is 0.310 e. The lowest BCUT2D eigenvalue weighted by Crippen LogP contribution is -2.09. The van der Waals surface area contributed by atoms with Gasteiger partial charge in [0.25, 0.3) is 0 Å². The maximum Gasteiger partial charge on any atom is 0.310 e. The number of hydrogen-bond acceptors (Lipinski definition) is 4. The molecule has 100 valence electrons. The van der Waals surface area contributed by atoms with Crippen LogP contribution in [0.4, 0.5) is 0 Å². The Labute approximate surface area is 110 Å². The Morgan fingerprint density at radius 2 is 2.11 bits per heavy atom. The van der Waals surface area contributed by atoms with Crippen LogP contribution in [0.25, 0.3) is 10.9 Å². The highest BCUT2D eigenvalue weighted by Crippen LogP contribution is 2.24. The number of ether oxygens (including phenoxy) is 2. The molecular formula is C14H15NO4. The third-order valence-corrected chi connectivity index (χ3v) is 2.76. The number of carbonyl (C=O) groups is 1. The monoisotopic (exact) mass is 261 g/mol. The minimum absolute atomic E-state index is 0.145. The predicted octanol–water partition coefficient (Wildman–Crippen LogP) is 1.64. The van der Waals surface area contributed by atoms with E-state index in [0.717, 1.165) is 10.9 Å². The Hall–Kier alpha value is -2.30. The van der Waals surface area contributed by atoms with Gasteiger partial charge >= 0.3 is 5.97 Å². The van der Waals surface area contributed by atoms with Crippen molar-refractivity contribution in [2.75, 3.05) is 13.7 Å². The SMILES string of the molecule is CCOC(=O)Cc1cc2ccc(=O)[nH]c2cc1OC. The highest BCUT2D eigenvalue weighted by Gasteiger charge is 2.11. The Morgan fingerprint density at radius 3 is 2.79 bits per heavy atom. The quantitative estimate of drug-likeness (QED) is 0.849. The van der Waals surface area contributed by atoms with Gasteiger partial charge in [0.15, 0.2) is 0 Å². The van der Waals surface area contributed by atoms with Crippen molar-refractivity contribution in [1.29, 1.82) is 0 Å². The summed E-state index contributed by atoms with van der Waals surface area (Å²) in [5.41, 5.74) is 1.24. The predicted molar refractivity (Wildman–Crippen MR) is 71.5 cm³/mol. The number of hydrogen-bond donors (Lipinski definition) is 1. The summed E-state index contributed by atoms with van der Waals surface area (Å²) in [6, 6.07) is 6.69. The molecule has 0 spiro atoms. The van der Waals surface area contributed by atoms with Crippen molar-refractivity contribution < 1.29 is 14.3 Å². The van der Waals surface area contributed by atoms with Crippen molar-refractivity contribution in [2.45, 2.75) is 13.3 Å². The second-order valence-corrected chi connectivity index (χ2v) is 4.06. The van der Waals surface area contributed by atoms with Crippen LogP contribution in [-0.4, -0.2) is 24.7 Å².